The molecule has 0 aromatic heterocycles. The fourth-order valence-corrected chi connectivity index (χ4v) is 3.66. The van der Waals surface area contributed by atoms with Gasteiger partial charge in [0.1, 0.15) is 0 Å². The molecule has 2 fully saturated rings. The van der Waals surface area contributed by atoms with E-state index in [0.717, 1.165) is 50.9 Å². The van der Waals surface area contributed by atoms with Gasteiger partial charge < -0.3 is 14.7 Å². The fourth-order valence-electron chi connectivity index (χ4n) is 3.66. The molecule has 3 rings (SSSR count). The lowest BCUT2D eigenvalue weighted by atomic mass is 9.89. The van der Waals surface area contributed by atoms with E-state index >= 15 is 0 Å². The molecule has 0 saturated carbocycles. The molecule has 5 nitrogen and oxygen atoms in total. The number of amides is 1. The number of carbonyl (C=O) groups excluding carboxylic acids is 1. The maximum Gasteiger partial charge on any atom is 0.335 e. The van der Waals surface area contributed by atoms with E-state index in [4.69, 9.17) is 9.84 Å². The minimum absolute atomic E-state index is 0.0676. The Labute approximate surface area is 136 Å². The maximum absolute atomic E-state index is 12.7. The first-order chi connectivity index (χ1) is 11.0. The van der Waals surface area contributed by atoms with Crippen LogP contribution in [0.15, 0.2) is 18.2 Å². The number of nitrogens with zero attached hydrogens (tertiary/aromatic N) is 1. The van der Waals surface area contributed by atoms with E-state index in [1.165, 1.54) is 6.07 Å². The highest BCUT2D eigenvalue weighted by Crippen LogP contribution is 2.29. The lowest BCUT2D eigenvalue weighted by Crippen LogP contribution is -2.41. The van der Waals surface area contributed by atoms with Crippen molar-refractivity contribution >= 4 is 11.9 Å². The number of carbonyl (C=O) groups is 2. The third-order valence-electron chi connectivity index (χ3n) is 4.89. The van der Waals surface area contributed by atoms with E-state index < -0.39 is 5.97 Å². The number of rotatable bonds is 3. The van der Waals surface area contributed by atoms with Gasteiger partial charge >= 0.3 is 5.97 Å². The minimum atomic E-state index is -1.00. The lowest BCUT2D eigenvalue weighted by Gasteiger charge is -2.34. The normalized spacial score (nSPS) is 22.3. The topological polar surface area (TPSA) is 66.8 Å². The highest BCUT2D eigenvalue weighted by molar-refractivity contribution is 5.97. The van der Waals surface area contributed by atoms with E-state index in [0.29, 0.717) is 17.6 Å². The molecule has 2 aliphatic heterocycles. The van der Waals surface area contributed by atoms with Crippen LogP contribution in [0.25, 0.3) is 0 Å². The Morgan fingerprint density at radius 2 is 1.83 bits per heavy atom. The Morgan fingerprint density at radius 1 is 1.13 bits per heavy atom. The van der Waals surface area contributed by atoms with Gasteiger partial charge in [-0.15, -0.1) is 0 Å². The van der Waals surface area contributed by atoms with Gasteiger partial charge in [-0.05, 0) is 62.3 Å². The van der Waals surface area contributed by atoms with Gasteiger partial charge in [-0.1, -0.05) is 0 Å². The van der Waals surface area contributed by atoms with Crippen LogP contribution < -0.4 is 0 Å². The minimum Gasteiger partial charge on any atom is -0.478 e. The highest BCUT2D eigenvalue weighted by Gasteiger charge is 2.31. The Hall–Kier alpha value is -1.88. The second-order valence-corrected chi connectivity index (χ2v) is 6.57. The molecular weight excluding hydrogens is 294 g/mol. The summed E-state index contributed by atoms with van der Waals surface area (Å²) in [6.45, 7) is 4.12. The molecular formula is C18H23NO4. The van der Waals surface area contributed by atoms with Gasteiger partial charge in [-0.25, -0.2) is 4.79 Å². The van der Waals surface area contributed by atoms with Crippen LogP contribution in [0, 0.1) is 12.8 Å². The SMILES string of the molecule is Cc1cc(C(=O)O)cc(C(=O)N2CCC(C3CCCO3)CC2)c1. The summed E-state index contributed by atoms with van der Waals surface area (Å²) in [5.74, 6) is -0.518. The standard InChI is InChI=1S/C18H23NO4/c1-12-9-14(11-15(10-12)18(21)22)17(20)19-6-4-13(5-7-19)16-3-2-8-23-16/h9-11,13,16H,2-8H2,1H3,(H,21,22). The Kier molecular flexibility index (Phi) is 4.66. The Morgan fingerprint density at radius 3 is 2.43 bits per heavy atom. The van der Waals surface area contributed by atoms with Gasteiger partial charge in [0.2, 0.25) is 0 Å². The zero-order valence-corrected chi connectivity index (χ0v) is 13.5. The quantitative estimate of drug-likeness (QED) is 0.931. The van der Waals surface area contributed by atoms with E-state index in [9.17, 15) is 9.59 Å². The zero-order chi connectivity index (χ0) is 16.4. The Balaban J connectivity index is 1.66. The number of aromatic carboxylic acids is 1. The van der Waals surface area contributed by atoms with Gasteiger partial charge in [0.25, 0.3) is 5.91 Å². The van der Waals surface area contributed by atoms with Crippen molar-refractivity contribution in [3.05, 3.63) is 34.9 Å². The number of carboxylic acids is 1. The fraction of sp³-hybridized carbons (Fsp3) is 0.556. The van der Waals surface area contributed by atoms with E-state index in [1.807, 2.05) is 11.8 Å². The number of benzene rings is 1. The second-order valence-electron chi connectivity index (χ2n) is 6.57. The van der Waals surface area contributed by atoms with Crippen LogP contribution in [0.2, 0.25) is 0 Å². The molecule has 1 N–H and O–H groups in total. The van der Waals surface area contributed by atoms with Crippen molar-refractivity contribution in [2.24, 2.45) is 5.92 Å². The van der Waals surface area contributed by atoms with Crippen LogP contribution in [0.3, 0.4) is 0 Å². The summed E-state index contributed by atoms with van der Waals surface area (Å²) in [7, 11) is 0. The third kappa shape index (κ3) is 3.55. The predicted molar refractivity (Wildman–Crippen MR) is 85.7 cm³/mol. The molecule has 1 aromatic carbocycles. The number of likely N-dealkylation sites (tertiary alicyclic amines) is 1. The summed E-state index contributed by atoms with van der Waals surface area (Å²) in [4.78, 5) is 25.7. The predicted octanol–water partition coefficient (Wildman–Crippen LogP) is 2.72. The van der Waals surface area contributed by atoms with Crippen molar-refractivity contribution in [1.29, 1.82) is 0 Å². The van der Waals surface area contributed by atoms with Gasteiger partial charge in [-0.3, -0.25) is 4.79 Å². The maximum atomic E-state index is 12.7. The van der Waals surface area contributed by atoms with E-state index in [2.05, 4.69) is 0 Å². The van der Waals surface area contributed by atoms with Crippen LogP contribution in [-0.4, -0.2) is 47.7 Å². The Bertz CT molecular complexity index is 599. The smallest absolute Gasteiger partial charge is 0.335 e. The summed E-state index contributed by atoms with van der Waals surface area (Å²) >= 11 is 0. The average Bonchev–Trinajstić information content (AvgIpc) is 3.08. The van der Waals surface area contributed by atoms with Crippen LogP contribution in [-0.2, 0) is 4.74 Å². The van der Waals surface area contributed by atoms with Crippen LogP contribution >= 0.6 is 0 Å². The van der Waals surface area contributed by atoms with Gasteiger partial charge in [-0.2, -0.15) is 0 Å². The first-order valence-electron chi connectivity index (χ1n) is 8.30. The monoisotopic (exact) mass is 317 g/mol. The molecule has 5 heteroatoms. The van der Waals surface area contributed by atoms with Crippen LogP contribution in [0.4, 0.5) is 0 Å². The van der Waals surface area contributed by atoms with Gasteiger partial charge in [0, 0.05) is 25.3 Å². The molecule has 1 aromatic rings. The molecule has 1 atom stereocenters. The average molecular weight is 317 g/mol. The van der Waals surface area contributed by atoms with Crippen molar-refractivity contribution in [3.8, 4) is 0 Å². The van der Waals surface area contributed by atoms with Crippen molar-refractivity contribution in [2.75, 3.05) is 19.7 Å². The number of hydrogen-bond acceptors (Lipinski definition) is 3. The van der Waals surface area contributed by atoms with E-state index in [1.54, 1.807) is 12.1 Å². The van der Waals surface area contributed by atoms with Crippen molar-refractivity contribution < 1.29 is 19.4 Å². The van der Waals surface area contributed by atoms with Gasteiger partial charge in [0.15, 0.2) is 0 Å². The molecule has 1 amide bonds. The summed E-state index contributed by atoms with van der Waals surface area (Å²) in [5, 5.41) is 9.14. The largest absolute Gasteiger partial charge is 0.478 e. The number of piperidine rings is 1. The molecule has 124 valence electrons. The van der Waals surface area contributed by atoms with Gasteiger partial charge in [0.05, 0.1) is 11.7 Å². The van der Waals surface area contributed by atoms with Crippen molar-refractivity contribution in [3.63, 3.8) is 0 Å². The molecule has 2 heterocycles. The van der Waals surface area contributed by atoms with Crippen LogP contribution in [0.5, 0.6) is 0 Å². The molecule has 23 heavy (non-hydrogen) atoms. The molecule has 0 radical (unpaired) electrons. The lowest BCUT2D eigenvalue weighted by molar-refractivity contribution is 0.0291. The summed E-state index contributed by atoms with van der Waals surface area (Å²) in [5.41, 5.74) is 1.43. The summed E-state index contributed by atoms with van der Waals surface area (Å²) < 4.78 is 5.76. The van der Waals surface area contributed by atoms with Crippen molar-refractivity contribution in [1.82, 2.24) is 4.90 Å². The zero-order valence-electron chi connectivity index (χ0n) is 13.5. The number of aryl methyl sites for hydroxylation is 1. The molecule has 0 spiro atoms. The highest BCUT2D eigenvalue weighted by atomic mass is 16.5. The number of hydrogen-bond donors (Lipinski definition) is 1. The first kappa shape index (κ1) is 16.0. The molecule has 2 aliphatic rings. The summed E-state index contributed by atoms with van der Waals surface area (Å²) in [6.07, 6.45) is 4.58. The van der Waals surface area contributed by atoms with Crippen LogP contribution in [0.1, 0.15) is 52.0 Å². The first-order valence-corrected chi connectivity index (χ1v) is 8.30. The summed E-state index contributed by atoms with van der Waals surface area (Å²) in [6, 6.07) is 4.83. The van der Waals surface area contributed by atoms with Crippen molar-refractivity contribution in [2.45, 2.75) is 38.7 Å². The number of ether oxygens (including phenoxy) is 1. The molecule has 2 saturated heterocycles. The second kappa shape index (κ2) is 6.71. The molecule has 1 unspecified atom stereocenters. The molecule has 0 aliphatic carbocycles. The third-order valence-corrected chi connectivity index (χ3v) is 4.89. The molecule has 0 bridgehead atoms. The van der Waals surface area contributed by atoms with E-state index in [-0.39, 0.29) is 11.5 Å². The number of carboxylic acid groups (broad SMARTS) is 1.